The molecule has 0 N–H and O–H groups in total. The molecule has 10 heteroatoms. The van der Waals surface area contributed by atoms with Gasteiger partial charge in [0.15, 0.2) is 10.2 Å². The maximum atomic E-state index is 11.6. The van der Waals surface area contributed by atoms with Gasteiger partial charge < -0.3 is 0 Å². The molecule has 2 nitrogen and oxygen atoms in total. The minimum atomic E-state index is 0.211. The van der Waals surface area contributed by atoms with Crippen LogP contribution in [-0.2, 0) is 9.59 Å². The van der Waals surface area contributed by atoms with Gasteiger partial charge in [-0.3, -0.25) is 9.59 Å². The Morgan fingerprint density at radius 1 is 0.833 bits per heavy atom. The van der Waals surface area contributed by atoms with Crippen LogP contribution in [-0.4, -0.2) is 64.7 Å². The zero-order chi connectivity index (χ0) is 17.4. The highest BCUT2D eigenvalue weighted by atomic mass is 35.5. The van der Waals surface area contributed by atoms with Crippen molar-refractivity contribution in [2.75, 3.05) is 34.8 Å². The van der Waals surface area contributed by atoms with Crippen LogP contribution in [0.5, 0.6) is 0 Å². The molecule has 4 atom stereocenters. The highest BCUT2D eigenvalue weighted by molar-refractivity contribution is 8.27. The third kappa shape index (κ3) is 7.95. The summed E-state index contributed by atoms with van der Waals surface area (Å²) < 4.78 is 1.20. The van der Waals surface area contributed by atoms with Crippen molar-refractivity contribution in [3.05, 3.63) is 0 Å². The number of alkyl halides is 2. The van der Waals surface area contributed by atoms with Crippen molar-refractivity contribution < 1.29 is 9.59 Å². The quantitative estimate of drug-likeness (QED) is 0.419. The van der Waals surface area contributed by atoms with Gasteiger partial charge >= 0.3 is 0 Å². The Morgan fingerprint density at radius 2 is 1.25 bits per heavy atom. The van der Waals surface area contributed by atoms with Gasteiger partial charge in [0.05, 0.1) is 9.16 Å². The number of thioether (sulfide) groups is 6. The highest BCUT2D eigenvalue weighted by Crippen LogP contribution is 2.52. The van der Waals surface area contributed by atoms with Crippen LogP contribution in [0.15, 0.2) is 0 Å². The average molecular weight is 484 g/mol. The van der Waals surface area contributed by atoms with Crippen LogP contribution in [0.2, 0.25) is 0 Å². The van der Waals surface area contributed by atoms with Gasteiger partial charge in [0.2, 0.25) is 0 Å². The first kappa shape index (κ1) is 22.3. The summed E-state index contributed by atoms with van der Waals surface area (Å²) in [5.74, 6) is 4.89. The molecule has 138 valence electrons. The highest BCUT2D eigenvalue weighted by Gasteiger charge is 2.38. The van der Waals surface area contributed by atoms with Crippen molar-refractivity contribution >= 4 is 104 Å². The number of hydrogen-bond acceptors (Lipinski definition) is 8. The zero-order valence-corrected chi connectivity index (χ0v) is 19.4. The van der Waals surface area contributed by atoms with Crippen molar-refractivity contribution in [1.29, 1.82) is 0 Å². The van der Waals surface area contributed by atoms with Crippen LogP contribution in [0.25, 0.3) is 0 Å². The molecule has 4 unspecified atom stereocenters. The van der Waals surface area contributed by atoms with Crippen molar-refractivity contribution in [1.82, 2.24) is 0 Å². The van der Waals surface area contributed by atoms with Gasteiger partial charge in [-0.1, -0.05) is 23.5 Å². The third-order valence-electron chi connectivity index (χ3n) is 3.23. The average Bonchev–Trinajstić information content (AvgIpc) is 3.20. The van der Waals surface area contributed by atoms with E-state index < -0.39 is 0 Å². The lowest BCUT2D eigenvalue weighted by atomic mass is 10.5. The largest absolute Gasteiger partial charge is 0.287 e. The third-order valence-corrected chi connectivity index (χ3v) is 13.7. The Balaban J connectivity index is 1.63. The monoisotopic (exact) mass is 482 g/mol. The van der Waals surface area contributed by atoms with Crippen LogP contribution >= 0.6 is 93.8 Å². The normalized spacial score (nSPS) is 29.9. The van der Waals surface area contributed by atoms with Crippen LogP contribution in [0.3, 0.4) is 0 Å². The molecule has 2 heterocycles. The van der Waals surface area contributed by atoms with Crippen LogP contribution in [0.1, 0.15) is 12.8 Å². The summed E-state index contributed by atoms with van der Waals surface area (Å²) in [4.78, 5) is 23.1. The first-order valence-electron chi connectivity index (χ1n) is 7.59. The van der Waals surface area contributed by atoms with Crippen LogP contribution in [0.4, 0.5) is 0 Å². The second kappa shape index (κ2) is 12.5. The summed E-state index contributed by atoms with van der Waals surface area (Å²) in [5, 5.41) is 1.54. The van der Waals surface area contributed by atoms with Crippen molar-refractivity contribution in [3.63, 3.8) is 0 Å². The predicted octanol–water partition coefficient (Wildman–Crippen LogP) is 5.11. The molecule has 0 amide bonds. The Morgan fingerprint density at radius 3 is 1.62 bits per heavy atom. The number of carbonyl (C=O) groups is 2. The summed E-state index contributed by atoms with van der Waals surface area (Å²) in [5.41, 5.74) is 0. The summed E-state index contributed by atoms with van der Waals surface area (Å²) >= 11 is 22.2. The maximum Gasteiger partial charge on any atom is 0.190 e. The van der Waals surface area contributed by atoms with E-state index in [-0.39, 0.29) is 10.2 Å². The second-order valence-electron chi connectivity index (χ2n) is 5.16. The van der Waals surface area contributed by atoms with E-state index in [9.17, 15) is 9.59 Å². The van der Waals surface area contributed by atoms with Crippen molar-refractivity contribution in [3.8, 4) is 0 Å². The Bertz CT molecular complexity index is 390. The molecule has 0 aromatic rings. The molecule has 2 fully saturated rings. The Kier molecular flexibility index (Phi) is 11.6. The molecule has 0 bridgehead atoms. The van der Waals surface area contributed by atoms with Crippen LogP contribution in [0, 0.1) is 0 Å². The summed E-state index contributed by atoms with van der Waals surface area (Å²) in [6, 6.07) is 0. The van der Waals surface area contributed by atoms with E-state index in [1.54, 1.807) is 0 Å². The molecule has 0 spiro atoms. The SMILES string of the molecule is O=C(CCCl)SCC1CSC(C2SCC(CSC(=O)CCCl)S2)S1. The molecular weight excluding hydrogens is 463 g/mol. The fraction of sp³-hybridized carbons (Fsp3) is 0.857. The van der Waals surface area contributed by atoms with E-state index in [1.807, 2.05) is 47.0 Å². The van der Waals surface area contributed by atoms with Gasteiger partial charge in [0.25, 0.3) is 0 Å². The van der Waals surface area contributed by atoms with E-state index in [0.717, 1.165) is 23.0 Å². The summed E-state index contributed by atoms with van der Waals surface area (Å²) in [6.07, 6.45) is 0.937. The van der Waals surface area contributed by atoms with Gasteiger partial charge in [-0.2, -0.15) is 0 Å². The molecule has 0 aromatic carbocycles. The van der Waals surface area contributed by atoms with E-state index in [0.29, 0.717) is 44.3 Å². The fourth-order valence-corrected chi connectivity index (χ4v) is 12.7. The molecule has 2 rings (SSSR count). The van der Waals surface area contributed by atoms with Gasteiger partial charge in [-0.05, 0) is 0 Å². The Hall–Kier alpha value is 2.02. The first-order chi connectivity index (χ1) is 11.6. The molecular formula is C14H20Cl2O2S6. The predicted molar refractivity (Wildman–Crippen MR) is 121 cm³/mol. The van der Waals surface area contributed by atoms with Gasteiger partial charge in [0, 0.05) is 58.1 Å². The summed E-state index contributed by atoms with van der Waals surface area (Å²) in [6.45, 7) is 0. The fourth-order valence-electron chi connectivity index (χ4n) is 2.07. The smallest absolute Gasteiger partial charge is 0.190 e. The van der Waals surface area contributed by atoms with Crippen LogP contribution < -0.4 is 0 Å². The van der Waals surface area contributed by atoms with E-state index in [1.165, 1.54) is 23.5 Å². The van der Waals surface area contributed by atoms with E-state index in [2.05, 4.69) is 0 Å². The maximum absolute atomic E-state index is 11.6. The molecule has 24 heavy (non-hydrogen) atoms. The molecule has 2 aliphatic rings. The van der Waals surface area contributed by atoms with Gasteiger partial charge in [-0.25, -0.2) is 0 Å². The van der Waals surface area contributed by atoms with E-state index >= 15 is 0 Å². The minimum absolute atomic E-state index is 0.211. The number of carbonyl (C=O) groups excluding carboxylic acids is 2. The summed E-state index contributed by atoms with van der Waals surface area (Å²) in [7, 11) is 0. The molecule has 0 aliphatic carbocycles. The lowest BCUT2D eigenvalue weighted by Gasteiger charge is -2.16. The number of hydrogen-bond donors (Lipinski definition) is 0. The molecule has 2 saturated heterocycles. The lowest BCUT2D eigenvalue weighted by Crippen LogP contribution is -2.12. The second-order valence-corrected chi connectivity index (χ2v) is 13.9. The molecule has 2 aliphatic heterocycles. The van der Waals surface area contributed by atoms with Gasteiger partial charge in [0.1, 0.15) is 0 Å². The van der Waals surface area contributed by atoms with E-state index in [4.69, 9.17) is 23.2 Å². The lowest BCUT2D eigenvalue weighted by molar-refractivity contribution is -0.111. The van der Waals surface area contributed by atoms with Crippen molar-refractivity contribution in [2.24, 2.45) is 0 Å². The number of halogens is 2. The molecule has 0 radical (unpaired) electrons. The topological polar surface area (TPSA) is 34.1 Å². The minimum Gasteiger partial charge on any atom is -0.287 e. The standard InChI is InChI=1S/C14H20Cl2O2S6/c15-3-1-11(17)19-5-9-7-21-13(23-9)14-22-8-10(24-14)6-20-12(18)2-4-16/h9-10,13-14H,1-8H2. The molecule has 0 saturated carbocycles. The number of rotatable bonds is 9. The first-order valence-corrected chi connectivity index (χ1v) is 14.6. The van der Waals surface area contributed by atoms with Crippen molar-refractivity contribution in [2.45, 2.75) is 32.5 Å². The van der Waals surface area contributed by atoms with Gasteiger partial charge in [-0.15, -0.1) is 70.2 Å². The zero-order valence-electron chi connectivity index (χ0n) is 13.0. The molecule has 0 aromatic heterocycles. The Labute approximate surface area is 179 Å².